The Morgan fingerprint density at radius 3 is 2.84 bits per heavy atom. The quantitative estimate of drug-likeness (QED) is 0.869. The Morgan fingerprint density at radius 2 is 2.11 bits per heavy atom. The van der Waals surface area contributed by atoms with Crippen molar-refractivity contribution < 1.29 is 0 Å². The van der Waals surface area contributed by atoms with Gasteiger partial charge in [0.25, 0.3) is 0 Å². The van der Waals surface area contributed by atoms with Crippen molar-refractivity contribution in [2.75, 3.05) is 31.6 Å². The molecule has 1 N–H and O–H groups in total. The molecular formula is C17H28N2. The Kier molecular flexibility index (Phi) is 5.26. The van der Waals surface area contributed by atoms with Gasteiger partial charge in [0.15, 0.2) is 0 Å². The smallest absolute Gasteiger partial charge is 0.0401 e. The fraction of sp³-hybridized carbons (Fsp3) is 0.647. The highest BCUT2D eigenvalue weighted by Gasteiger charge is 2.21. The number of rotatable bonds is 5. The number of hydrogen-bond donors (Lipinski definition) is 1. The summed E-state index contributed by atoms with van der Waals surface area (Å²) in [6.45, 7) is 8.18. The van der Waals surface area contributed by atoms with Crippen molar-refractivity contribution >= 4 is 5.69 Å². The van der Waals surface area contributed by atoms with E-state index in [2.05, 4.69) is 55.4 Å². The zero-order chi connectivity index (χ0) is 13.7. The van der Waals surface area contributed by atoms with Gasteiger partial charge in [0.2, 0.25) is 0 Å². The van der Waals surface area contributed by atoms with Crippen LogP contribution in [0.2, 0.25) is 0 Å². The van der Waals surface area contributed by atoms with E-state index in [1.54, 1.807) is 0 Å². The van der Waals surface area contributed by atoms with Crippen LogP contribution in [-0.4, -0.2) is 26.7 Å². The van der Waals surface area contributed by atoms with Gasteiger partial charge in [0.1, 0.15) is 0 Å². The van der Waals surface area contributed by atoms with Crippen LogP contribution in [0.4, 0.5) is 5.69 Å². The van der Waals surface area contributed by atoms with Gasteiger partial charge in [-0.3, -0.25) is 0 Å². The van der Waals surface area contributed by atoms with E-state index in [1.165, 1.54) is 43.6 Å². The van der Waals surface area contributed by atoms with Crippen molar-refractivity contribution in [3.8, 4) is 0 Å². The van der Waals surface area contributed by atoms with Gasteiger partial charge in [-0.05, 0) is 56.3 Å². The number of benzene rings is 1. The average Bonchev–Trinajstić information content (AvgIpc) is 2.45. The maximum absolute atomic E-state index is 3.28. The minimum Gasteiger partial charge on any atom is -0.371 e. The SMILES string of the molecule is CNCCC1CCCN(c2ccccc2C(C)C)C1. The first-order valence-corrected chi connectivity index (χ1v) is 7.71. The summed E-state index contributed by atoms with van der Waals surface area (Å²) in [7, 11) is 2.05. The number of anilines is 1. The molecule has 0 spiro atoms. The number of nitrogens with zero attached hydrogens (tertiary/aromatic N) is 1. The van der Waals surface area contributed by atoms with Crippen LogP contribution in [0.3, 0.4) is 0 Å². The van der Waals surface area contributed by atoms with Gasteiger partial charge in [0.05, 0.1) is 0 Å². The molecule has 1 aliphatic heterocycles. The van der Waals surface area contributed by atoms with Gasteiger partial charge in [-0.25, -0.2) is 0 Å². The topological polar surface area (TPSA) is 15.3 Å². The van der Waals surface area contributed by atoms with Crippen LogP contribution < -0.4 is 10.2 Å². The number of para-hydroxylation sites is 1. The molecule has 0 saturated carbocycles. The van der Waals surface area contributed by atoms with Crippen molar-refractivity contribution in [2.24, 2.45) is 5.92 Å². The van der Waals surface area contributed by atoms with E-state index in [-0.39, 0.29) is 0 Å². The second-order valence-electron chi connectivity index (χ2n) is 6.06. The van der Waals surface area contributed by atoms with Crippen LogP contribution in [0, 0.1) is 5.92 Å². The Labute approximate surface area is 118 Å². The molecule has 1 unspecified atom stereocenters. The second kappa shape index (κ2) is 6.95. The summed E-state index contributed by atoms with van der Waals surface area (Å²) in [5, 5.41) is 3.28. The van der Waals surface area contributed by atoms with E-state index >= 15 is 0 Å². The predicted molar refractivity (Wildman–Crippen MR) is 84.0 cm³/mol. The Hall–Kier alpha value is -1.02. The van der Waals surface area contributed by atoms with Crippen LogP contribution in [-0.2, 0) is 0 Å². The molecule has 1 atom stereocenters. The highest BCUT2D eigenvalue weighted by molar-refractivity contribution is 5.55. The van der Waals surface area contributed by atoms with Crippen LogP contribution in [0.5, 0.6) is 0 Å². The monoisotopic (exact) mass is 260 g/mol. The van der Waals surface area contributed by atoms with E-state index in [4.69, 9.17) is 0 Å². The van der Waals surface area contributed by atoms with Crippen LogP contribution in [0.25, 0.3) is 0 Å². The third kappa shape index (κ3) is 3.73. The van der Waals surface area contributed by atoms with Gasteiger partial charge >= 0.3 is 0 Å². The lowest BCUT2D eigenvalue weighted by atomic mass is 9.92. The molecule has 1 aromatic rings. The lowest BCUT2D eigenvalue weighted by molar-refractivity contribution is 0.387. The molecule has 1 aliphatic rings. The summed E-state index contributed by atoms with van der Waals surface area (Å²) in [4.78, 5) is 2.61. The van der Waals surface area contributed by atoms with Crippen molar-refractivity contribution in [3.05, 3.63) is 29.8 Å². The molecule has 1 heterocycles. The molecule has 1 aromatic carbocycles. The standard InChI is InChI=1S/C17H28N2/c1-14(2)16-8-4-5-9-17(16)19-12-6-7-15(13-19)10-11-18-3/h4-5,8-9,14-15,18H,6-7,10-13H2,1-3H3. The molecule has 2 rings (SSSR count). The summed E-state index contributed by atoms with van der Waals surface area (Å²) in [5.74, 6) is 1.45. The van der Waals surface area contributed by atoms with Gasteiger partial charge in [-0.2, -0.15) is 0 Å². The molecule has 2 nitrogen and oxygen atoms in total. The van der Waals surface area contributed by atoms with E-state index < -0.39 is 0 Å². The first-order valence-electron chi connectivity index (χ1n) is 7.71. The van der Waals surface area contributed by atoms with Crippen molar-refractivity contribution in [1.82, 2.24) is 5.32 Å². The molecule has 0 amide bonds. The Bertz CT molecular complexity index is 387. The maximum atomic E-state index is 3.28. The first kappa shape index (κ1) is 14.4. The molecule has 19 heavy (non-hydrogen) atoms. The number of piperidine rings is 1. The molecule has 0 bridgehead atoms. The highest BCUT2D eigenvalue weighted by atomic mass is 15.1. The Balaban J connectivity index is 2.08. The molecule has 2 heteroatoms. The second-order valence-corrected chi connectivity index (χ2v) is 6.06. The van der Waals surface area contributed by atoms with E-state index in [9.17, 15) is 0 Å². The molecule has 106 valence electrons. The average molecular weight is 260 g/mol. The summed E-state index contributed by atoms with van der Waals surface area (Å²) in [5.41, 5.74) is 2.96. The third-order valence-electron chi connectivity index (χ3n) is 4.22. The third-order valence-corrected chi connectivity index (χ3v) is 4.22. The van der Waals surface area contributed by atoms with Crippen LogP contribution in [0.15, 0.2) is 24.3 Å². The zero-order valence-electron chi connectivity index (χ0n) is 12.7. The minimum absolute atomic E-state index is 0.605. The predicted octanol–water partition coefficient (Wildman–Crippen LogP) is 3.64. The van der Waals surface area contributed by atoms with Gasteiger partial charge in [-0.1, -0.05) is 32.0 Å². The van der Waals surface area contributed by atoms with Gasteiger partial charge < -0.3 is 10.2 Å². The summed E-state index contributed by atoms with van der Waals surface area (Å²) in [6.07, 6.45) is 4.03. The van der Waals surface area contributed by atoms with Crippen molar-refractivity contribution in [2.45, 2.75) is 39.0 Å². The molecular weight excluding hydrogens is 232 g/mol. The van der Waals surface area contributed by atoms with Crippen LogP contribution in [0.1, 0.15) is 44.6 Å². The fourth-order valence-electron chi connectivity index (χ4n) is 3.13. The summed E-state index contributed by atoms with van der Waals surface area (Å²) >= 11 is 0. The van der Waals surface area contributed by atoms with E-state index in [0.717, 1.165) is 12.5 Å². The summed E-state index contributed by atoms with van der Waals surface area (Å²) in [6, 6.07) is 8.94. The molecule has 1 fully saturated rings. The van der Waals surface area contributed by atoms with E-state index in [0.29, 0.717) is 5.92 Å². The number of nitrogens with one attached hydrogen (secondary N) is 1. The van der Waals surface area contributed by atoms with Crippen molar-refractivity contribution in [3.63, 3.8) is 0 Å². The molecule has 0 radical (unpaired) electrons. The lowest BCUT2D eigenvalue weighted by Crippen LogP contribution is -2.37. The van der Waals surface area contributed by atoms with Gasteiger partial charge in [0, 0.05) is 18.8 Å². The van der Waals surface area contributed by atoms with E-state index in [1.807, 2.05) is 0 Å². The first-order chi connectivity index (χ1) is 9.22. The maximum Gasteiger partial charge on any atom is 0.0401 e. The number of hydrogen-bond acceptors (Lipinski definition) is 2. The highest BCUT2D eigenvalue weighted by Crippen LogP contribution is 2.31. The summed E-state index contributed by atoms with van der Waals surface area (Å²) < 4.78 is 0. The minimum atomic E-state index is 0.605. The largest absolute Gasteiger partial charge is 0.371 e. The van der Waals surface area contributed by atoms with Crippen LogP contribution >= 0.6 is 0 Å². The fourth-order valence-corrected chi connectivity index (χ4v) is 3.13. The van der Waals surface area contributed by atoms with Crippen molar-refractivity contribution in [1.29, 1.82) is 0 Å². The molecule has 0 aromatic heterocycles. The zero-order valence-corrected chi connectivity index (χ0v) is 12.7. The Morgan fingerprint density at radius 1 is 1.32 bits per heavy atom. The lowest BCUT2D eigenvalue weighted by Gasteiger charge is -2.36. The normalized spacial score (nSPS) is 20.0. The molecule has 1 saturated heterocycles. The molecule has 0 aliphatic carbocycles. The van der Waals surface area contributed by atoms with Gasteiger partial charge in [-0.15, -0.1) is 0 Å².